The summed E-state index contributed by atoms with van der Waals surface area (Å²) in [5, 5.41) is 0. The monoisotopic (exact) mass is 194 g/mol. The molecule has 2 aromatic rings. The lowest BCUT2D eigenvalue weighted by Crippen LogP contribution is -2.32. The van der Waals surface area contributed by atoms with Crippen LogP contribution in [0.15, 0.2) is 33.9 Å². The summed E-state index contributed by atoms with van der Waals surface area (Å²) >= 11 is 3.92. The summed E-state index contributed by atoms with van der Waals surface area (Å²) in [6.07, 6.45) is 0. The van der Waals surface area contributed by atoms with Crippen LogP contribution in [0.25, 0.3) is 11.0 Å². The van der Waals surface area contributed by atoms with Crippen molar-refractivity contribution in [3.05, 3.63) is 45.0 Å². The third-order valence-corrected chi connectivity index (χ3v) is 2.16. The van der Waals surface area contributed by atoms with E-state index in [1.165, 1.54) is 0 Å². The molecule has 0 aliphatic carbocycles. The molecular formula is C8H6N2O2S. The van der Waals surface area contributed by atoms with Crippen LogP contribution in [0.5, 0.6) is 0 Å². The molecule has 0 amide bonds. The van der Waals surface area contributed by atoms with Gasteiger partial charge in [0.15, 0.2) is 0 Å². The van der Waals surface area contributed by atoms with E-state index in [4.69, 9.17) is 0 Å². The number of aromatic nitrogens is 2. The summed E-state index contributed by atoms with van der Waals surface area (Å²) in [5.74, 6) is 0. The van der Waals surface area contributed by atoms with Crippen molar-refractivity contribution in [1.82, 2.24) is 8.96 Å². The fourth-order valence-electron chi connectivity index (χ4n) is 1.15. The van der Waals surface area contributed by atoms with Crippen molar-refractivity contribution in [2.24, 2.45) is 0 Å². The second-order valence-corrected chi connectivity index (χ2v) is 2.99. The number of nitrogens with zero attached hydrogens (tertiary/aromatic N) is 1. The molecule has 4 nitrogen and oxygen atoms in total. The van der Waals surface area contributed by atoms with Crippen molar-refractivity contribution in [3.8, 4) is 0 Å². The Balaban J connectivity index is 3.11. The Morgan fingerprint density at radius 2 is 1.92 bits per heavy atom. The number of fused-ring (bicyclic) bond motifs is 1. The highest BCUT2D eigenvalue weighted by atomic mass is 32.1. The Hall–Kier alpha value is -1.49. The first-order valence-electron chi connectivity index (χ1n) is 3.63. The van der Waals surface area contributed by atoms with Crippen LogP contribution in [0.4, 0.5) is 0 Å². The quantitative estimate of drug-likeness (QED) is 0.470. The van der Waals surface area contributed by atoms with Crippen LogP contribution < -0.4 is 11.1 Å². The molecule has 2 rings (SSSR count). The van der Waals surface area contributed by atoms with E-state index in [1.807, 2.05) is 0 Å². The maximum absolute atomic E-state index is 11.1. The molecule has 0 aliphatic rings. The summed E-state index contributed by atoms with van der Waals surface area (Å²) in [6.45, 7) is 0. The minimum Gasteiger partial charge on any atom is -0.316 e. The first kappa shape index (κ1) is 8.12. The zero-order valence-corrected chi connectivity index (χ0v) is 7.41. The number of rotatable bonds is 0. The molecule has 1 heterocycles. The summed E-state index contributed by atoms with van der Waals surface area (Å²) in [5.41, 5.74) is -0.131. The van der Waals surface area contributed by atoms with Gasteiger partial charge in [0.1, 0.15) is 0 Å². The molecule has 0 unspecified atom stereocenters. The number of thiol groups is 1. The average molecular weight is 194 g/mol. The van der Waals surface area contributed by atoms with Gasteiger partial charge in [-0.2, -0.15) is 0 Å². The van der Waals surface area contributed by atoms with Gasteiger partial charge in [0.25, 0.3) is 0 Å². The number of H-pyrrole nitrogens is 1. The molecule has 1 N–H and O–H groups in total. The van der Waals surface area contributed by atoms with Crippen molar-refractivity contribution in [3.63, 3.8) is 0 Å². The van der Waals surface area contributed by atoms with Crippen LogP contribution in [-0.2, 0) is 0 Å². The Bertz CT molecular complexity index is 570. The Morgan fingerprint density at radius 3 is 2.69 bits per heavy atom. The zero-order chi connectivity index (χ0) is 9.42. The SMILES string of the molecule is O=c1[nH]c2ccccc2n(S)c1=O. The van der Waals surface area contributed by atoms with Gasteiger partial charge in [0.2, 0.25) is 0 Å². The summed E-state index contributed by atoms with van der Waals surface area (Å²) < 4.78 is 1.04. The maximum atomic E-state index is 11.1. The van der Waals surface area contributed by atoms with Gasteiger partial charge in [0, 0.05) is 0 Å². The molecule has 0 radical (unpaired) electrons. The van der Waals surface area contributed by atoms with E-state index in [1.54, 1.807) is 24.3 Å². The molecule has 0 saturated carbocycles. The average Bonchev–Trinajstić information content (AvgIpc) is 2.15. The molecule has 0 aliphatic heterocycles. The molecule has 0 spiro atoms. The minimum atomic E-state index is -0.665. The van der Waals surface area contributed by atoms with Crippen LogP contribution in [0.2, 0.25) is 0 Å². The number of nitrogens with one attached hydrogen (secondary N) is 1. The second kappa shape index (κ2) is 2.77. The second-order valence-electron chi connectivity index (χ2n) is 2.59. The van der Waals surface area contributed by atoms with E-state index >= 15 is 0 Å². The van der Waals surface area contributed by atoms with Gasteiger partial charge in [-0.25, -0.2) is 3.97 Å². The molecular weight excluding hydrogens is 188 g/mol. The van der Waals surface area contributed by atoms with Crippen molar-refractivity contribution < 1.29 is 0 Å². The van der Waals surface area contributed by atoms with Crippen molar-refractivity contribution in [2.45, 2.75) is 0 Å². The number of aromatic amines is 1. The number of hydrogen-bond donors (Lipinski definition) is 2. The molecule has 0 atom stereocenters. The minimum absolute atomic E-state index is 0.593. The normalized spacial score (nSPS) is 10.5. The highest BCUT2D eigenvalue weighted by Gasteiger charge is 2.02. The Morgan fingerprint density at radius 1 is 1.23 bits per heavy atom. The van der Waals surface area contributed by atoms with Crippen LogP contribution in [0, 0.1) is 0 Å². The van der Waals surface area contributed by atoms with E-state index in [0.29, 0.717) is 11.0 Å². The predicted molar refractivity (Wildman–Crippen MR) is 53.2 cm³/mol. The van der Waals surface area contributed by atoms with E-state index in [9.17, 15) is 9.59 Å². The fourth-order valence-corrected chi connectivity index (χ4v) is 1.41. The smallest absolute Gasteiger partial charge is 0.316 e. The number of para-hydroxylation sites is 2. The molecule has 5 heteroatoms. The van der Waals surface area contributed by atoms with Gasteiger partial charge >= 0.3 is 11.1 Å². The molecule has 0 saturated heterocycles. The van der Waals surface area contributed by atoms with Gasteiger partial charge in [0.05, 0.1) is 11.0 Å². The van der Waals surface area contributed by atoms with Crippen molar-refractivity contribution in [1.29, 1.82) is 0 Å². The van der Waals surface area contributed by atoms with Gasteiger partial charge in [-0.15, -0.1) is 0 Å². The lowest BCUT2D eigenvalue weighted by molar-refractivity contribution is 1.10. The van der Waals surface area contributed by atoms with Crippen LogP contribution in [-0.4, -0.2) is 8.96 Å². The molecule has 1 aromatic heterocycles. The zero-order valence-electron chi connectivity index (χ0n) is 6.52. The first-order chi connectivity index (χ1) is 6.20. The lowest BCUT2D eigenvalue weighted by Gasteiger charge is -2.00. The third kappa shape index (κ3) is 1.17. The predicted octanol–water partition coefficient (Wildman–Crippen LogP) is 0.383. The van der Waals surface area contributed by atoms with Gasteiger partial charge < -0.3 is 4.98 Å². The van der Waals surface area contributed by atoms with Crippen molar-refractivity contribution >= 4 is 23.8 Å². The largest absolute Gasteiger partial charge is 0.326 e. The number of benzene rings is 1. The summed E-state index contributed by atoms with van der Waals surface area (Å²) in [7, 11) is 0. The molecule has 1 aromatic carbocycles. The molecule has 0 bridgehead atoms. The first-order valence-corrected chi connectivity index (χ1v) is 4.03. The number of hydrogen-bond acceptors (Lipinski definition) is 3. The lowest BCUT2D eigenvalue weighted by atomic mass is 10.3. The van der Waals surface area contributed by atoms with E-state index in [2.05, 4.69) is 17.8 Å². The standard InChI is InChI=1S/C8H6N2O2S/c11-7-8(12)10(13)6-4-2-1-3-5(6)9-7/h1-4,13H,(H,9,11). The van der Waals surface area contributed by atoms with E-state index in [0.717, 1.165) is 3.97 Å². The van der Waals surface area contributed by atoms with Crippen LogP contribution in [0.1, 0.15) is 0 Å². The van der Waals surface area contributed by atoms with Crippen molar-refractivity contribution in [2.75, 3.05) is 0 Å². The van der Waals surface area contributed by atoms with Gasteiger partial charge in [-0.1, -0.05) is 24.9 Å². The molecule has 13 heavy (non-hydrogen) atoms. The summed E-state index contributed by atoms with van der Waals surface area (Å²) in [6, 6.07) is 6.96. The highest BCUT2D eigenvalue weighted by molar-refractivity contribution is 7.78. The highest BCUT2D eigenvalue weighted by Crippen LogP contribution is 2.06. The van der Waals surface area contributed by atoms with E-state index in [-0.39, 0.29) is 0 Å². The molecule has 66 valence electrons. The van der Waals surface area contributed by atoms with Gasteiger partial charge in [-0.05, 0) is 12.1 Å². The molecule has 0 fully saturated rings. The van der Waals surface area contributed by atoms with Gasteiger partial charge in [-0.3, -0.25) is 9.59 Å². The van der Waals surface area contributed by atoms with Crippen LogP contribution >= 0.6 is 12.8 Å². The topological polar surface area (TPSA) is 54.9 Å². The summed E-state index contributed by atoms with van der Waals surface area (Å²) in [4.78, 5) is 24.6. The fraction of sp³-hybridized carbons (Fsp3) is 0. The Kier molecular flexibility index (Phi) is 1.73. The van der Waals surface area contributed by atoms with Crippen LogP contribution in [0.3, 0.4) is 0 Å². The third-order valence-electron chi connectivity index (χ3n) is 1.77. The Labute approximate surface area is 78.4 Å². The maximum Gasteiger partial charge on any atom is 0.326 e. The van der Waals surface area contributed by atoms with E-state index < -0.39 is 11.1 Å².